The molecule has 0 fully saturated rings. The molecule has 1 unspecified atom stereocenters. The van der Waals surface area contributed by atoms with E-state index in [2.05, 4.69) is 15.2 Å². The Balaban J connectivity index is 2.45. The van der Waals surface area contributed by atoms with E-state index in [4.69, 9.17) is 4.74 Å². The van der Waals surface area contributed by atoms with Gasteiger partial charge in [0.2, 0.25) is 5.78 Å². The number of fused-ring (bicyclic) bond motifs is 1. The molecule has 1 atom stereocenters. The summed E-state index contributed by atoms with van der Waals surface area (Å²) in [6.45, 7) is 3.85. The maximum absolute atomic E-state index is 11.7. The van der Waals surface area contributed by atoms with Crippen LogP contribution in [0.15, 0.2) is 16.0 Å². The van der Waals surface area contributed by atoms with Crippen molar-refractivity contribution in [1.82, 2.24) is 19.6 Å². The van der Waals surface area contributed by atoms with Crippen LogP contribution in [-0.4, -0.2) is 37.9 Å². The smallest absolute Gasteiger partial charge is 0.319 e. The second-order valence-corrected chi connectivity index (χ2v) is 5.33. The van der Waals surface area contributed by atoms with Gasteiger partial charge in [0.25, 0.3) is 5.56 Å². The summed E-state index contributed by atoms with van der Waals surface area (Å²) in [5, 5.41) is 8.22. The lowest BCUT2D eigenvalue weighted by atomic mass is 10.3. The molecule has 2 heterocycles. The number of nitrogens with one attached hydrogen (secondary N) is 1. The monoisotopic (exact) mass is 296 g/mol. The van der Waals surface area contributed by atoms with Gasteiger partial charge < -0.3 is 4.74 Å². The average molecular weight is 296 g/mol. The van der Waals surface area contributed by atoms with Gasteiger partial charge >= 0.3 is 5.97 Å². The molecule has 0 aliphatic carbocycles. The van der Waals surface area contributed by atoms with Gasteiger partial charge in [0, 0.05) is 11.8 Å². The van der Waals surface area contributed by atoms with Crippen LogP contribution >= 0.6 is 11.8 Å². The van der Waals surface area contributed by atoms with E-state index < -0.39 is 0 Å². The molecular formula is C12H16N4O3S. The summed E-state index contributed by atoms with van der Waals surface area (Å²) in [6, 6.07) is 1.51. The Labute approximate surface area is 119 Å². The highest BCUT2D eigenvalue weighted by Gasteiger charge is 2.22. The van der Waals surface area contributed by atoms with E-state index in [1.54, 1.807) is 4.40 Å². The van der Waals surface area contributed by atoms with Crippen LogP contribution in [0.5, 0.6) is 0 Å². The molecule has 0 bridgehead atoms. The van der Waals surface area contributed by atoms with Crippen molar-refractivity contribution >= 4 is 23.5 Å². The van der Waals surface area contributed by atoms with Crippen LogP contribution in [-0.2, 0) is 16.0 Å². The van der Waals surface area contributed by atoms with Crippen LogP contribution in [0.2, 0.25) is 0 Å². The summed E-state index contributed by atoms with van der Waals surface area (Å²) >= 11 is 1.29. The van der Waals surface area contributed by atoms with E-state index in [1.807, 2.05) is 13.8 Å². The van der Waals surface area contributed by atoms with Crippen molar-refractivity contribution in [2.45, 2.75) is 37.1 Å². The molecule has 1 N–H and O–H groups in total. The first-order valence-corrected chi connectivity index (χ1v) is 7.20. The largest absolute Gasteiger partial charge is 0.468 e. The number of hydrogen-bond acceptors (Lipinski definition) is 6. The average Bonchev–Trinajstić information content (AvgIpc) is 2.85. The first-order valence-electron chi connectivity index (χ1n) is 6.32. The molecule has 108 valence electrons. The van der Waals surface area contributed by atoms with E-state index in [0.717, 1.165) is 5.69 Å². The van der Waals surface area contributed by atoms with Gasteiger partial charge in [-0.1, -0.05) is 25.6 Å². The van der Waals surface area contributed by atoms with Gasteiger partial charge in [0.15, 0.2) is 5.16 Å². The number of aromatic nitrogens is 4. The maximum atomic E-state index is 11.7. The third-order valence-electron chi connectivity index (χ3n) is 2.90. The number of thioether (sulfide) groups is 1. The van der Waals surface area contributed by atoms with Crippen molar-refractivity contribution in [2.75, 3.05) is 7.11 Å². The first-order chi connectivity index (χ1) is 9.60. The zero-order valence-corrected chi connectivity index (χ0v) is 12.4. The zero-order valence-electron chi connectivity index (χ0n) is 11.5. The van der Waals surface area contributed by atoms with Crippen molar-refractivity contribution in [1.29, 1.82) is 0 Å². The van der Waals surface area contributed by atoms with Crippen LogP contribution in [0.4, 0.5) is 0 Å². The van der Waals surface area contributed by atoms with Crippen molar-refractivity contribution in [3.63, 3.8) is 0 Å². The Hall–Kier alpha value is -1.83. The number of carbonyl (C=O) groups is 1. The first kappa shape index (κ1) is 14.6. The number of methoxy groups -OCH3 is 1. The number of hydrogen-bond donors (Lipinski definition) is 1. The van der Waals surface area contributed by atoms with E-state index in [0.29, 0.717) is 23.8 Å². The van der Waals surface area contributed by atoms with Gasteiger partial charge in [0.1, 0.15) is 5.25 Å². The predicted molar refractivity (Wildman–Crippen MR) is 74.9 cm³/mol. The minimum Gasteiger partial charge on any atom is -0.468 e. The van der Waals surface area contributed by atoms with Crippen molar-refractivity contribution in [3.05, 3.63) is 22.1 Å². The number of esters is 1. The SMILES string of the molecule is CCc1cc(=O)[nH]c2nnc(SC(CC)C(=O)OC)n12. The maximum Gasteiger partial charge on any atom is 0.319 e. The minimum absolute atomic E-state index is 0.210. The van der Waals surface area contributed by atoms with Gasteiger partial charge in [-0.15, -0.1) is 10.2 Å². The van der Waals surface area contributed by atoms with Gasteiger partial charge in [0.05, 0.1) is 7.11 Å². The summed E-state index contributed by atoms with van der Waals surface area (Å²) in [5.74, 6) is 0.0910. The molecular weight excluding hydrogens is 280 g/mol. The van der Waals surface area contributed by atoms with Crippen LogP contribution in [0, 0.1) is 0 Å². The molecule has 0 aliphatic heterocycles. The van der Waals surface area contributed by atoms with Gasteiger partial charge in [-0.25, -0.2) is 0 Å². The molecule has 0 amide bonds. The normalized spacial score (nSPS) is 12.6. The molecule has 0 aromatic carbocycles. The fourth-order valence-electron chi connectivity index (χ4n) is 1.87. The molecule has 2 aromatic heterocycles. The Bertz CT molecular complexity index is 679. The second kappa shape index (κ2) is 6.08. The number of carbonyl (C=O) groups excluding carboxylic acids is 1. The van der Waals surface area contributed by atoms with E-state index in [1.165, 1.54) is 24.9 Å². The summed E-state index contributed by atoms with van der Waals surface area (Å²) in [5.41, 5.74) is 0.592. The quantitative estimate of drug-likeness (QED) is 0.654. The fraction of sp³-hybridized carbons (Fsp3) is 0.500. The minimum atomic E-state index is -0.343. The molecule has 20 heavy (non-hydrogen) atoms. The zero-order chi connectivity index (χ0) is 14.7. The Kier molecular flexibility index (Phi) is 4.43. The van der Waals surface area contributed by atoms with Gasteiger partial charge in [-0.3, -0.25) is 19.0 Å². The van der Waals surface area contributed by atoms with Gasteiger partial charge in [-0.05, 0) is 12.8 Å². The van der Waals surface area contributed by atoms with Crippen LogP contribution in [0.3, 0.4) is 0 Å². The predicted octanol–water partition coefficient (Wildman–Crippen LogP) is 1.02. The highest BCUT2D eigenvalue weighted by molar-refractivity contribution is 8.00. The lowest BCUT2D eigenvalue weighted by Gasteiger charge is -2.11. The summed E-state index contributed by atoms with van der Waals surface area (Å²) in [7, 11) is 1.36. The number of ether oxygens (including phenoxy) is 1. The number of H-pyrrole nitrogens is 1. The highest BCUT2D eigenvalue weighted by atomic mass is 32.2. The third-order valence-corrected chi connectivity index (χ3v) is 4.18. The standard InChI is InChI=1S/C12H16N4O3S/c1-4-7-6-9(17)13-11-14-15-12(16(7)11)20-8(5-2)10(18)19-3/h6,8H,4-5H2,1-3H3,(H,13,14,17). The summed E-state index contributed by atoms with van der Waals surface area (Å²) in [6.07, 6.45) is 1.29. The van der Waals surface area contributed by atoms with Crippen molar-refractivity contribution in [2.24, 2.45) is 0 Å². The van der Waals surface area contributed by atoms with Crippen LogP contribution in [0.25, 0.3) is 5.78 Å². The number of nitrogens with zero attached hydrogens (tertiary/aromatic N) is 3. The van der Waals surface area contributed by atoms with E-state index >= 15 is 0 Å². The summed E-state index contributed by atoms with van der Waals surface area (Å²) < 4.78 is 6.53. The van der Waals surface area contributed by atoms with Crippen molar-refractivity contribution < 1.29 is 9.53 Å². The topological polar surface area (TPSA) is 89.4 Å². The highest BCUT2D eigenvalue weighted by Crippen LogP contribution is 2.25. The molecule has 2 rings (SSSR count). The fourth-order valence-corrected chi connectivity index (χ4v) is 2.88. The molecule has 0 aliphatic rings. The number of rotatable bonds is 5. The molecule has 0 radical (unpaired) electrons. The Morgan fingerprint density at radius 1 is 1.50 bits per heavy atom. The molecule has 8 heteroatoms. The second-order valence-electron chi connectivity index (χ2n) is 4.16. The summed E-state index contributed by atoms with van der Waals surface area (Å²) in [4.78, 5) is 25.8. The lowest BCUT2D eigenvalue weighted by Crippen LogP contribution is -2.18. The van der Waals surface area contributed by atoms with Gasteiger partial charge in [-0.2, -0.15) is 0 Å². The molecule has 2 aromatic rings. The Morgan fingerprint density at radius 2 is 2.25 bits per heavy atom. The Morgan fingerprint density at radius 3 is 2.85 bits per heavy atom. The van der Waals surface area contributed by atoms with Crippen molar-refractivity contribution in [3.8, 4) is 0 Å². The molecule has 0 saturated heterocycles. The lowest BCUT2D eigenvalue weighted by molar-refractivity contribution is -0.140. The van der Waals surface area contributed by atoms with E-state index in [-0.39, 0.29) is 16.8 Å². The molecule has 0 spiro atoms. The number of aromatic amines is 1. The van der Waals surface area contributed by atoms with Crippen LogP contribution < -0.4 is 5.56 Å². The third kappa shape index (κ3) is 2.69. The number of aryl methyl sites for hydroxylation is 1. The molecule has 7 nitrogen and oxygen atoms in total. The van der Waals surface area contributed by atoms with E-state index in [9.17, 15) is 9.59 Å². The van der Waals surface area contributed by atoms with Crippen LogP contribution in [0.1, 0.15) is 26.0 Å². The molecule has 0 saturated carbocycles.